The van der Waals surface area contributed by atoms with E-state index >= 15 is 0 Å². The Labute approximate surface area is 130 Å². The van der Waals surface area contributed by atoms with Crippen molar-refractivity contribution in [2.75, 3.05) is 13.1 Å². The fourth-order valence-electron chi connectivity index (χ4n) is 1.30. The van der Waals surface area contributed by atoms with Crippen LogP contribution in [-0.2, 0) is 4.79 Å². The highest BCUT2D eigenvalue weighted by molar-refractivity contribution is 14.1. The lowest BCUT2D eigenvalue weighted by molar-refractivity contribution is -0.120. The average Bonchev–Trinajstić information content (AvgIpc) is 2.36. The Balaban J connectivity index is 2.44. The summed E-state index contributed by atoms with van der Waals surface area (Å²) >= 11 is 7.85. The van der Waals surface area contributed by atoms with Gasteiger partial charge in [-0.2, -0.15) is 0 Å². The fourth-order valence-corrected chi connectivity index (χ4v) is 2.41. The molecule has 0 atom stereocenters. The third-order valence-electron chi connectivity index (χ3n) is 2.20. The maximum Gasteiger partial charge on any atom is 0.252 e. The van der Waals surface area contributed by atoms with Gasteiger partial charge in [0.05, 0.1) is 12.1 Å². The van der Waals surface area contributed by atoms with Crippen molar-refractivity contribution in [2.24, 2.45) is 0 Å². The predicted molar refractivity (Wildman–Crippen MR) is 83.0 cm³/mol. The van der Waals surface area contributed by atoms with Crippen molar-refractivity contribution >= 4 is 46.0 Å². The van der Waals surface area contributed by atoms with Crippen LogP contribution in [0.15, 0.2) is 18.2 Å². The van der Waals surface area contributed by atoms with Crippen LogP contribution in [0.2, 0.25) is 5.02 Å². The summed E-state index contributed by atoms with van der Waals surface area (Å²) in [6.45, 7) is 0.454. The van der Waals surface area contributed by atoms with Crippen LogP contribution in [0.5, 0.6) is 0 Å². The van der Waals surface area contributed by atoms with Gasteiger partial charge in [0, 0.05) is 21.6 Å². The van der Waals surface area contributed by atoms with E-state index in [4.69, 9.17) is 18.0 Å². The maximum atomic E-state index is 11.8. The second-order valence-corrected chi connectivity index (χ2v) is 5.21. The molecule has 1 aromatic carbocycles. The number of halogens is 2. The van der Waals surface area contributed by atoms with Gasteiger partial charge in [0.1, 0.15) is 0 Å². The van der Waals surface area contributed by atoms with Crippen LogP contribution in [0.3, 0.4) is 0 Å². The molecule has 0 unspecified atom stereocenters. The Morgan fingerprint density at radius 2 is 2.11 bits per heavy atom. The molecule has 0 saturated carbocycles. The van der Waals surface area contributed by atoms with Crippen LogP contribution in [-0.4, -0.2) is 24.9 Å². The van der Waals surface area contributed by atoms with Crippen LogP contribution in [0, 0.1) is 15.9 Å². The molecule has 1 rings (SSSR count). The van der Waals surface area contributed by atoms with E-state index in [2.05, 4.69) is 16.6 Å². The molecule has 4 nitrogen and oxygen atoms in total. The van der Waals surface area contributed by atoms with Gasteiger partial charge in [0.2, 0.25) is 5.91 Å². The van der Waals surface area contributed by atoms with Gasteiger partial charge in [0.25, 0.3) is 5.91 Å². The topological polar surface area (TPSA) is 58.2 Å². The Hall–Kier alpha value is -1.26. The van der Waals surface area contributed by atoms with Crippen molar-refractivity contribution < 1.29 is 9.59 Å². The van der Waals surface area contributed by atoms with Crippen molar-refractivity contribution in [3.63, 3.8) is 0 Å². The van der Waals surface area contributed by atoms with Gasteiger partial charge < -0.3 is 10.6 Å². The number of terminal acetylenes is 1. The molecule has 0 spiro atoms. The monoisotopic (exact) mass is 390 g/mol. The SMILES string of the molecule is C#CCNC(=O)CCNC(=O)c1ccc(Cl)cc1I. The van der Waals surface area contributed by atoms with E-state index in [0.717, 1.165) is 3.57 Å². The van der Waals surface area contributed by atoms with Gasteiger partial charge in [-0.1, -0.05) is 17.5 Å². The first-order valence-electron chi connectivity index (χ1n) is 5.48. The zero-order chi connectivity index (χ0) is 14.3. The molecule has 0 heterocycles. The first-order chi connectivity index (χ1) is 9.04. The van der Waals surface area contributed by atoms with Crippen molar-refractivity contribution in [3.8, 4) is 12.3 Å². The van der Waals surface area contributed by atoms with E-state index in [-0.39, 0.29) is 31.3 Å². The molecule has 6 heteroatoms. The molecule has 0 bridgehead atoms. The van der Waals surface area contributed by atoms with Crippen molar-refractivity contribution in [1.82, 2.24) is 10.6 Å². The molecule has 0 aliphatic heterocycles. The number of benzene rings is 1. The lowest BCUT2D eigenvalue weighted by Crippen LogP contribution is -2.31. The highest BCUT2D eigenvalue weighted by atomic mass is 127. The summed E-state index contributed by atoms with van der Waals surface area (Å²) < 4.78 is 0.763. The summed E-state index contributed by atoms with van der Waals surface area (Å²) in [7, 11) is 0. The normalized spacial score (nSPS) is 9.53. The lowest BCUT2D eigenvalue weighted by atomic mass is 10.2. The second-order valence-electron chi connectivity index (χ2n) is 3.61. The quantitative estimate of drug-likeness (QED) is 0.595. The Kier molecular flexibility index (Phi) is 6.67. The first kappa shape index (κ1) is 15.8. The highest BCUT2D eigenvalue weighted by Gasteiger charge is 2.10. The highest BCUT2D eigenvalue weighted by Crippen LogP contribution is 2.17. The molecule has 0 fully saturated rings. The molecule has 2 amide bonds. The lowest BCUT2D eigenvalue weighted by Gasteiger charge is -2.07. The Morgan fingerprint density at radius 3 is 2.74 bits per heavy atom. The van der Waals surface area contributed by atoms with E-state index < -0.39 is 0 Å². The summed E-state index contributed by atoms with van der Waals surface area (Å²) in [5.41, 5.74) is 0.536. The van der Waals surface area contributed by atoms with Gasteiger partial charge in [-0.05, 0) is 40.8 Å². The van der Waals surface area contributed by atoms with Crippen LogP contribution < -0.4 is 10.6 Å². The molecule has 100 valence electrons. The molecule has 2 N–H and O–H groups in total. The number of rotatable bonds is 5. The van der Waals surface area contributed by atoms with Crippen molar-refractivity contribution in [2.45, 2.75) is 6.42 Å². The van der Waals surface area contributed by atoms with Gasteiger partial charge in [0.15, 0.2) is 0 Å². The standard InChI is InChI=1S/C13H12ClIN2O2/c1-2-6-16-12(18)5-7-17-13(19)10-4-3-9(14)8-11(10)15/h1,3-4,8H,5-7H2,(H,16,18)(H,17,19). The van der Waals surface area contributed by atoms with E-state index in [9.17, 15) is 9.59 Å². The minimum Gasteiger partial charge on any atom is -0.351 e. The third kappa shape index (κ3) is 5.49. The van der Waals surface area contributed by atoms with E-state index in [1.54, 1.807) is 18.2 Å². The van der Waals surface area contributed by atoms with Gasteiger partial charge >= 0.3 is 0 Å². The van der Waals surface area contributed by atoms with Crippen LogP contribution in [0.4, 0.5) is 0 Å². The Bertz CT molecular complexity index is 526. The van der Waals surface area contributed by atoms with Crippen molar-refractivity contribution in [1.29, 1.82) is 0 Å². The predicted octanol–water partition coefficient (Wildman–Crippen LogP) is 1.81. The van der Waals surface area contributed by atoms with Crippen LogP contribution in [0.25, 0.3) is 0 Å². The molecular weight excluding hydrogens is 379 g/mol. The van der Waals surface area contributed by atoms with Gasteiger partial charge in [-0.25, -0.2) is 0 Å². The van der Waals surface area contributed by atoms with E-state index in [1.807, 2.05) is 22.6 Å². The molecule has 0 aliphatic carbocycles. The van der Waals surface area contributed by atoms with E-state index in [1.165, 1.54) is 0 Å². The van der Waals surface area contributed by atoms with Gasteiger partial charge in [-0.15, -0.1) is 6.42 Å². The first-order valence-corrected chi connectivity index (χ1v) is 6.93. The average molecular weight is 391 g/mol. The minimum atomic E-state index is -0.231. The van der Waals surface area contributed by atoms with Crippen LogP contribution >= 0.6 is 34.2 Å². The smallest absolute Gasteiger partial charge is 0.252 e. The number of hydrogen-bond acceptors (Lipinski definition) is 2. The molecule has 0 radical (unpaired) electrons. The molecule has 1 aromatic rings. The fraction of sp³-hybridized carbons (Fsp3) is 0.231. The van der Waals surface area contributed by atoms with Gasteiger partial charge in [-0.3, -0.25) is 9.59 Å². The van der Waals surface area contributed by atoms with Crippen molar-refractivity contribution in [3.05, 3.63) is 32.4 Å². The summed E-state index contributed by atoms with van der Waals surface area (Å²) in [5.74, 6) is 1.88. The second kappa shape index (κ2) is 8.02. The molecule has 0 aliphatic rings. The number of carbonyl (C=O) groups excluding carboxylic acids is 2. The van der Waals surface area contributed by atoms with Crippen LogP contribution in [0.1, 0.15) is 16.8 Å². The molecule has 19 heavy (non-hydrogen) atoms. The number of amides is 2. The number of nitrogens with one attached hydrogen (secondary N) is 2. The molecular formula is C13H12ClIN2O2. The largest absolute Gasteiger partial charge is 0.351 e. The zero-order valence-electron chi connectivity index (χ0n) is 10.0. The summed E-state index contributed by atoms with van der Waals surface area (Å²) in [6, 6.07) is 5.01. The number of carbonyl (C=O) groups is 2. The maximum absolute atomic E-state index is 11.8. The molecule has 0 aromatic heterocycles. The Morgan fingerprint density at radius 1 is 1.37 bits per heavy atom. The summed E-state index contributed by atoms with van der Waals surface area (Å²) in [4.78, 5) is 23.1. The third-order valence-corrected chi connectivity index (χ3v) is 3.33. The number of hydrogen-bond donors (Lipinski definition) is 2. The minimum absolute atomic E-state index is 0.191. The summed E-state index contributed by atoms with van der Waals surface area (Å²) in [5, 5.41) is 5.77. The molecule has 0 saturated heterocycles. The zero-order valence-corrected chi connectivity index (χ0v) is 12.9. The summed E-state index contributed by atoms with van der Waals surface area (Å²) in [6.07, 6.45) is 5.20. The van der Waals surface area contributed by atoms with E-state index in [0.29, 0.717) is 10.6 Å².